The second kappa shape index (κ2) is 6.69. The fourth-order valence-electron chi connectivity index (χ4n) is 3.32. The quantitative estimate of drug-likeness (QED) is 0.773. The highest BCUT2D eigenvalue weighted by molar-refractivity contribution is 9.10. The van der Waals surface area contributed by atoms with Crippen LogP contribution in [-0.4, -0.2) is 54.3 Å². The predicted molar refractivity (Wildman–Crippen MR) is 86.6 cm³/mol. The van der Waals surface area contributed by atoms with Gasteiger partial charge >= 0.3 is 0 Å². The minimum Gasteiger partial charge on any atom is -0.298 e. The molecular formula is C15H21BrN2OS. The van der Waals surface area contributed by atoms with Crippen LogP contribution in [0.3, 0.4) is 0 Å². The normalized spacial score (nSPS) is 22.4. The minimum atomic E-state index is 0.251. The summed E-state index contributed by atoms with van der Waals surface area (Å²) in [6, 6.07) is 2.77. The average Bonchev–Trinajstić information content (AvgIpc) is 3.10. The van der Waals surface area contributed by atoms with Crippen LogP contribution in [0.25, 0.3) is 0 Å². The van der Waals surface area contributed by atoms with Crippen LogP contribution in [0.2, 0.25) is 0 Å². The smallest absolute Gasteiger partial charge is 0.187 e. The molecule has 2 heterocycles. The lowest BCUT2D eigenvalue weighted by Gasteiger charge is -2.37. The standard InChI is InChI=1S/C15H21BrN2OS/c16-13-5-10-20-15(13)14(19)11-17-6-8-18(9-7-17)12-3-1-2-4-12/h5,10,12H,1-4,6-9,11H2. The first-order valence-electron chi connectivity index (χ1n) is 7.46. The second-order valence-corrected chi connectivity index (χ2v) is 7.54. The first-order chi connectivity index (χ1) is 9.74. The molecule has 1 aliphatic carbocycles. The lowest BCUT2D eigenvalue weighted by Crippen LogP contribution is -2.50. The Balaban J connectivity index is 1.49. The van der Waals surface area contributed by atoms with Crippen LogP contribution in [0, 0.1) is 0 Å². The van der Waals surface area contributed by atoms with Crippen molar-refractivity contribution in [3.63, 3.8) is 0 Å². The maximum Gasteiger partial charge on any atom is 0.187 e. The number of nitrogens with zero attached hydrogens (tertiary/aromatic N) is 2. The molecule has 0 spiro atoms. The Morgan fingerprint density at radius 1 is 1.25 bits per heavy atom. The number of hydrogen-bond donors (Lipinski definition) is 0. The van der Waals surface area contributed by atoms with Crippen molar-refractivity contribution in [1.82, 2.24) is 9.80 Å². The third-order valence-electron chi connectivity index (χ3n) is 4.49. The lowest BCUT2D eigenvalue weighted by atomic mass is 10.1. The fourth-order valence-corrected chi connectivity index (χ4v) is 4.85. The minimum absolute atomic E-state index is 0.251. The van der Waals surface area contributed by atoms with Crippen LogP contribution in [-0.2, 0) is 0 Å². The molecule has 1 saturated carbocycles. The number of Topliss-reactive ketones (excluding diaryl/α,β-unsaturated/α-hetero) is 1. The number of hydrogen-bond acceptors (Lipinski definition) is 4. The molecule has 2 aliphatic rings. The Bertz CT molecular complexity index is 462. The van der Waals surface area contributed by atoms with Crippen LogP contribution < -0.4 is 0 Å². The van der Waals surface area contributed by atoms with E-state index in [0.717, 1.165) is 41.6 Å². The molecule has 3 nitrogen and oxygen atoms in total. The number of carbonyl (C=O) groups is 1. The zero-order valence-corrected chi connectivity index (χ0v) is 14.1. The molecule has 2 fully saturated rings. The van der Waals surface area contributed by atoms with Gasteiger partial charge in [0.15, 0.2) is 5.78 Å². The van der Waals surface area contributed by atoms with Crippen molar-refractivity contribution in [2.75, 3.05) is 32.7 Å². The van der Waals surface area contributed by atoms with Crippen LogP contribution in [0.5, 0.6) is 0 Å². The van der Waals surface area contributed by atoms with E-state index >= 15 is 0 Å². The van der Waals surface area contributed by atoms with Crippen LogP contribution >= 0.6 is 27.3 Å². The van der Waals surface area contributed by atoms with Gasteiger partial charge in [0.05, 0.1) is 11.4 Å². The molecule has 0 atom stereocenters. The SMILES string of the molecule is O=C(CN1CCN(C2CCCC2)CC1)c1sccc1Br. The maximum atomic E-state index is 12.3. The molecule has 0 radical (unpaired) electrons. The number of carbonyl (C=O) groups excluding carboxylic acids is 1. The van der Waals surface area contributed by atoms with Crippen molar-refractivity contribution in [3.05, 3.63) is 20.8 Å². The van der Waals surface area contributed by atoms with E-state index in [1.807, 2.05) is 11.4 Å². The molecule has 20 heavy (non-hydrogen) atoms. The number of piperazine rings is 1. The van der Waals surface area contributed by atoms with Crippen LogP contribution in [0.1, 0.15) is 35.4 Å². The van der Waals surface area contributed by atoms with Gasteiger partial charge in [-0.3, -0.25) is 14.6 Å². The van der Waals surface area contributed by atoms with Gasteiger partial charge in [-0.05, 0) is 40.2 Å². The van der Waals surface area contributed by atoms with Gasteiger partial charge in [0.25, 0.3) is 0 Å². The second-order valence-electron chi connectivity index (χ2n) is 5.77. The van der Waals surface area contributed by atoms with Crippen molar-refractivity contribution in [2.24, 2.45) is 0 Å². The van der Waals surface area contributed by atoms with Gasteiger partial charge in [0, 0.05) is 36.7 Å². The average molecular weight is 357 g/mol. The van der Waals surface area contributed by atoms with Gasteiger partial charge in [-0.25, -0.2) is 0 Å². The van der Waals surface area contributed by atoms with Crippen molar-refractivity contribution in [3.8, 4) is 0 Å². The topological polar surface area (TPSA) is 23.6 Å². The molecular weight excluding hydrogens is 336 g/mol. The van der Waals surface area contributed by atoms with Crippen molar-refractivity contribution >= 4 is 33.0 Å². The summed E-state index contributed by atoms with van der Waals surface area (Å²) in [5.74, 6) is 0.251. The first-order valence-corrected chi connectivity index (χ1v) is 9.14. The fraction of sp³-hybridized carbons (Fsp3) is 0.667. The van der Waals surface area contributed by atoms with Crippen molar-refractivity contribution in [2.45, 2.75) is 31.7 Å². The summed E-state index contributed by atoms with van der Waals surface area (Å²) in [6.07, 6.45) is 5.55. The maximum absolute atomic E-state index is 12.3. The first kappa shape index (κ1) is 14.7. The number of ketones is 1. The molecule has 0 unspecified atom stereocenters. The van der Waals surface area contributed by atoms with E-state index in [1.54, 1.807) is 0 Å². The van der Waals surface area contributed by atoms with E-state index in [-0.39, 0.29) is 5.78 Å². The lowest BCUT2D eigenvalue weighted by molar-refractivity contribution is 0.0777. The Labute approximate surface area is 133 Å². The molecule has 0 bridgehead atoms. The molecule has 0 N–H and O–H groups in total. The summed E-state index contributed by atoms with van der Waals surface area (Å²) in [7, 11) is 0. The zero-order valence-electron chi connectivity index (χ0n) is 11.7. The molecule has 1 aromatic heterocycles. The summed E-state index contributed by atoms with van der Waals surface area (Å²) >= 11 is 4.98. The third kappa shape index (κ3) is 3.32. The highest BCUT2D eigenvalue weighted by atomic mass is 79.9. The molecule has 3 rings (SSSR count). The number of halogens is 1. The predicted octanol–water partition coefficient (Wildman–Crippen LogP) is 3.25. The summed E-state index contributed by atoms with van der Waals surface area (Å²) in [4.78, 5) is 18.1. The highest BCUT2D eigenvalue weighted by Gasteiger charge is 2.27. The van der Waals surface area contributed by atoms with Crippen LogP contribution in [0.4, 0.5) is 0 Å². The van der Waals surface area contributed by atoms with E-state index in [9.17, 15) is 4.79 Å². The largest absolute Gasteiger partial charge is 0.298 e. The Hall–Kier alpha value is -0.230. The summed E-state index contributed by atoms with van der Waals surface area (Å²) in [6.45, 7) is 4.89. The molecule has 110 valence electrons. The zero-order chi connectivity index (χ0) is 13.9. The van der Waals surface area contributed by atoms with Gasteiger partial charge in [-0.1, -0.05) is 12.8 Å². The third-order valence-corrected chi connectivity index (χ3v) is 6.36. The highest BCUT2D eigenvalue weighted by Crippen LogP contribution is 2.25. The van der Waals surface area contributed by atoms with Crippen LogP contribution in [0.15, 0.2) is 15.9 Å². The van der Waals surface area contributed by atoms with Gasteiger partial charge in [-0.2, -0.15) is 0 Å². The van der Waals surface area contributed by atoms with Gasteiger partial charge < -0.3 is 0 Å². The molecule has 0 aromatic carbocycles. The van der Waals surface area contributed by atoms with E-state index < -0.39 is 0 Å². The summed E-state index contributed by atoms with van der Waals surface area (Å²) in [5, 5.41) is 1.97. The van der Waals surface area contributed by atoms with E-state index in [4.69, 9.17) is 0 Å². The van der Waals surface area contributed by atoms with Crippen molar-refractivity contribution in [1.29, 1.82) is 0 Å². The van der Waals surface area contributed by atoms with E-state index in [1.165, 1.54) is 37.0 Å². The van der Waals surface area contributed by atoms with Gasteiger partial charge in [0.2, 0.25) is 0 Å². The molecule has 1 saturated heterocycles. The summed E-state index contributed by atoms with van der Waals surface area (Å²) < 4.78 is 0.942. The monoisotopic (exact) mass is 356 g/mol. The molecule has 0 amide bonds. The number of thiophene rings is 1. The summed E-state index contributed by atoms with van der Waals surface area (Å²) in [5.41, 5.74) is 0. The molecule has 1 aliphatic heterocycles. The van der Waals surface area contributed by atoms with Gasteiger partial charge in [-0.15, -0.1) is 11.3 Å². The van der Waals surface area contributed by atoms with E-state index in [0.29, 0.717) is 6.54 Å². The van der Waals surface area contributed by atoms with Gasteiger partial charge in [0.1, 0.15) is 0 Å². The number of rotatable bonds is 4. The molecule has 1 aromatic rings. The van der Waals surface area contributed by atoms with Crippen molar-refractivity contribution < 1.29 is 4.79 Å². The van der Waals surface area contributed by atoms with E-state index in [2.05, 4.69) is 25.7 Å². The Morgan fingerprint density at radius 3 is 2.55 bits per heavy atom. The Kier molecular flexibility index (Phi) is 4.91. The molecule has 5 heteroatoms. The Morgan fingerprint density at radius 2 is 1.95 bits per heavy atom.